The summed E-state index contributed by atoms with van der Waals surface area (Å²) in [6.07, 6.45) is 2.51. The summed E-state index contributed by atoms with van der Waals surface area (Å²) < 4.78 is 2.74. The summed E-state index contributed by atoms with van der Waals surface area (Å²) >= 11 is 1.46. The highest BCUT2D eigenvalue weighted by Crippen LogP contribution is 2.23. The van der Waals surface area contributed by atoms with Crippen molar-refractivity contribution in [2.45, 2.75) is 31.6 Å². The van der Waals surface area contributed by atoms with Gasteiger partial charge in [-0.3, -0.25) is 29.1 Å². The van der Waals surface area contributed by atoms with Gasteiger partial charge in [-0.15, -0.1) is 11.8 Å². The SMILES string of the molecule is CSc1ccccc1C(=O)Nc1cc(C)nn1-c1nc(CCc2cc(NC(=O)c3ccccc3)n(-c3nc(C)cc(=O)[nH]3)n2)cc(=O)[nH]1. The van der Waals surface area contributed by atoms with E-state index in [-0.39, 0.29) is 29.3 Å². The third kappa shape index (κ3) is 7.15. The Bertz CT molecular complexity index is 2250. The predicted molar refractivity (Wildman–Crippen MR) is 181 cm³/mol. The maximum absolute atomic E-state index is 13.2. The van der Waals surface area contributed by atoms with Crippen LogP contribution in [0.3, 0.4) is 0 Å². The van der Waals surface area contributed by atoms with E-state index in [1.807, 2.05) is 24.5 Å². The Morgan fingerprint density at radius 2 is 1.33 bits per heavy atom. The molecule has 0 unspecified atom stereocenters. The number of nitrogens with one attached hydrogen (secondary N) is 4. The lowest BCUT2D eigenvalue weighted by atomic mass is 10.2. The molecular formula is C33H30N10O4S. The second-order valence-corrected chi connectivity index (χ2v) is 11.6. The van der Waals surface area contributed by atoms with Gasteiger partial charge in [0.05, 0.1) is 22.6 Å². The molecule has 6 aromatic rings. The molecule has 14 nitrogen and oxygen atoms in total. The smallest absolute Gasteiger partial charge is 0.257 e. The third-order valence-corrected chi connectivity index (χ3v) is 7.94. The largest absolute Gasteiger partial charge is 0.306 e. The fourth-order valence-electron chi connectivity index (χ4n) is 4.99. The predicted octanol–water partition coefficient (Wildman–Crippen LogP) is 3.85. The topological polar surface area (TPSA) is 185 Å². The Morgan fingerprint density at radius 3 is 2.08 bits per heavy atom. The van der Waals surface area contributed by atoms with E-state index in [4.69, 9.17) is 0 Å². The van der Waals surface area contributed by atoms with Crippen LogP contribution in [0.5, 0.6) is 0 Å². The van der Waals surface area contributed by atoms with Gasteiger partial charge < -0.3 is 10.6 Å². The molecule has 6 rings (SSSR count). The van der Waals surface area contributed by atoms with Crippen LogP contribution in [0.1, 0.15) is 43.5 Å². The average Bonchev–Trinajstić information content (AvgIpc) is 3.65. The number of carbonyl (C=O) groups is 2. The lowest BCUT2D eigenvalue weighted by molar-refractivity contribution is 0.101. The van der Waals surface area contributed by atoms with E-state index in [9.17, 15) is 19.2 Å². The van der Waals surface area contributed by atoms with Gasteiger partial charge in [-0.1, -0.05) is 30.3 Å². The number of H-pyrrole nitrogens is 2. The number of carbonyl (C=O) groups excluding carboxylic acids is 2. The van der Waals surface area contributed by atoms with Gasteiger partial charge in [0.15, 0.2) is 0 Å². The van der Waals surface area contributed by atoms with E-state index in [2.05, 4.69) is 40.8 Å². The second-order valence-electron chi connectivity index (χ2n) is 10.8. The van der Waals surface area contributed by atoms with Crippen LogP contribution in [0.25, 0.3) is 11.9 Å². The minimum Gasteiger partial charge on any atom is -0.306 e. The number of anilines is 2. The van der Waals surface area contributed by atoms with Crippen molar-refractivity contribution >= 4 is 35.2 Å². The van der Waals surface area contributed by atoms with Crippen molar-refractivity contribution in [2.75, 3.05) is 16.9 Å². The lowest BCUT2D eigenvalue weighted by Crippen LogP contribution is -2.20. The molecule has 0 saturated carbocycles. The van der Waals surface area contributed by atoms with Crippen LogP contribution in [-0.2, 0) is 12.8 Å². The molecule has 0 radical (unpaired) electrons. The van der Waals surface area contributed by atoms with Crippen LogP contribution in [0.2, 0.25) is 0 Å². The molecule has 0 saturated heterocycles. The number of nitrogens with zero attached hydrogens (tertiary/aromatic N) is 6. The standard InChI is InChI=1S/C33H30N10O4S/c1-19-16-28(44)38-32(34-19)43-27(36-30(46)21-9-5-4-6-10-21)17-23(41-43)14-13-22-18-29(45)39-33(35-22)42-26(15-20(2)40-42)37-31(47)24-11-7-8-12-25(24)48-3/h4-12,15-18H,13-14H2,1-3H3,(H,36,46)(H,37,47)(H,34,38,44)(H,35,39,45). The summed E-state index contributed by atoms with van der Waals surface area (Å²) in [6.45, 7) is 3.45. The van der Waals surface area contributed by atoms with E-state index in [1.54, 1.807) is 62.4 Å². The normalized spacial score (nSPS) is 11.0. The van der Waals surface area contributed by atoms with E-state index >= 15 is 0 Å². The maximum atomic E-state index is 13.2. The Balaban J connectivity index is 1.27. The zero-order chi connectivity index (χ0) is 33.8. The Labute approximate surface area is 277 Å². The molecule has 0 atom stereocenters. The fraction of sp³-hybridized carbons (Fsp3) is 0.152. The Morgan fingerprint density at radius 1 is 0.708 bits per heavy atom. The molecule has 0 aliphatic heterocycles. The van der Waals surface area contributed by atoms with E-state index in [0.29, 0.717) is 58.4 Å². The van der Waals surface area contributed by atoms with Crippen molar-refractivity contribution in [2.24, 2.45) is 0 Å². The van der Waals surface area contributed by atoms with Gasteiger partial charge in [-0.2, -0.15) is 19.6 Å². The van der Waals surface area contributed by atoms with Gasteiger partial charge in [0.2, 0.25) is 11.9 Å². The minimum absolute atomic E-state index is 0.127. The van der Waals surface area contributed by atoms with Crippen LogP contribution in [-0.4, -0.2) is 57.6 Å². The number of hydrogen-bond acceptors (Lipinski definition) is 9. The van der Waals surface area contributed by atoms with Crippen LogP contribution < -0.4 is 21.8 Å². The summed E-state index contributed by atoms with van der Waals surface area (Å²) in [7, 11) is 0. The fourth-order valence-corrected chi connectivity index (χ4v) is 5.58. The zero-order valence-corrected chi connectivity index (χ0v) is 27.0. The molecule has 4 aromatic heterocycles. The summed E-state index contributed by atoms with van der Waals surface area (Å²) in [5.74, 6) is 0.203. The molecular weight excluding hydrogens is 632 g/mol. The quantitative estimate of drug-likeness (QED) is 0.158. The van der Waals surface area contributed by atoms with Gasteiger partial charge in [-0.05, 0) is 57.2 Å². The molecule has 242 valence electrons. The van der Waals surface area contributed by atoms with Crippen LogP contribution in [0.15, 0.2) is 93.3 Å². The summed E-state index contributed by atoms with van der Waals surface area (Å²) in [4.78, 5) is 66.4. The summed E-state index contributed by atoms with van der Waals surface area (Å²) in [5.41, 5.74) is 2.24. The molecule has 2 amide bonds. The second kappa shape index (κ2) is 13.7. The van der Waals surface area contributed by atoms with Crippen LogP contribution in [0.4, 0.5) is 11.6 Å². The minimum atomic E-state index is -0.406. The summed E-state index contributed by atoms with van der Waals surface area (Å²) in [5, 5.41) is 14.8. The number of hydrogen-bond donors (Lipinski definition) is 4. The molecule has 0 fully saturated rings. The molecule has 0 bridgehead atoms. The van der Waals surface area contributed by atoms with Gasteiger partial charge in [0.25, 0.3) is 22.9 Å². The van der Waals surface area contributed by atoms with Gasteiger partial charge in [0.1, 0.15) is 11.6 Å². The van der Waals surface area contributed by atoms with E-state index in [1.165, 1.54) is 33.3 Å². The van der Waals surface area contributed by atoms with Gasteiger partial charge in [-0.25, -0.2) is 9.97 Å². The van der Waals surface area contributed by atoms with Crippen molar-refractivity contribution in [1.29, 1.82) is 0 Å². The number of thioether (sulfide) groups is 1. The van der Waals surface area contributed by atoms with Crippen molar-refractivity contribution < 1.29 is 9.59 Å². The van der Waals surface area contributed by atoms with E-state index in [0.717, 1.165) is 4.90 Å². The highest BCUT2D eigenvalue weighted by Gasteiger charge is 2.19. The first kappa shape index (κ1) is 31.9. The highest BCUT2D eigenvalue weighted by atomic mass is 32.2. The molecule has 0 spiro atoms. The lowest BCUT2D eigenvalue weighted by Gasteiger charge is -2.10. The van der Waals surface area contributed by atoms with Crippen LogP contribution in [0, 0.1) is 13.8 Å². The van der Waals surface area contributed by atoms with Crippen molar-refractivity contribution in [3.05, 3.63) is 133 Å². The molecule has 0 aliphatic rings. The molecule has 0 aliphatic carbocycles. The van der Waals surface area contributed by atoms with Gasteiger partial charge in [0, 0.05) is 40.4 Å². The number of aromatic nitrogens is 8. The van der Waals surface area contributed by atoms with E-state index < -0.39 is 5.56 Å². The highest BCUT2D eigenvalue weighted by molar-refractivity contribution is 7.98. The molecule has 2 aromatic carbocycles. The Kier molecular flexibility index (Phi) is 9.11. The first-order valence-corrected chi connectivity index (χ1v) is 16.0. The first-order valence-electron chi connectivity index (χ1n) is 14.8. The molecule has 4 N–H and O–H groups in total. The van der Waals surface area contributed by atoms with Crippen molar-refractivity contribution in [3.8, 4) is 11.9 Å². The molecule has 48 heavy (non-hydrogen) atoms. The average molecular weight is 663 g/mol. The first-order chi connectivity index (χ1) is 23.2. The summed E-state index contributed by atoms with van der Waals surface area (Å²) in [6, 6.07) is 22.0. The monoisotopic (exact) mass is 662 g/mol. The van der Waals surface area contributed by atoms with Crippen molar-refractivity contribution in [1.82, 2.24) is 39.5 Å². The number of amides is 2. The molecule has 4 heterocycles. The zero-order valence-electron chi connectivity index (χ0n) is 26.1. The van der Waals surface area contributed by atoms with Crippen molar-refractivity contribution in [3.63, 3.8) is 0 Å². The van der Waals surface area contributed by atoms with Gasteiger partial charge >= 0.3 is 0 Å². The Hall–Kier alpha value is -6.09. The molecule has 15 heteroatoms. The number of benzene rings is 2. The number of aryl methyl sites for hydroxylation is 4. The van der Waals surface area contributed by atoms with Crippen LogP contribution >= 0.6 is 11.8 Å². The number of rotatable bonds is 10. The maximum Gasteiger partial charge on any atom is 0.257 e. The number of aromatic amines is 2. The third-order valence-electron chi connectivity index (χ3n) is 7.14.